The monoisotopic (exact) mass is 1450 g/mol. The minimum absolute atomic E-state index is 0.106. The molecule has 99 heavy (non-hydrogen) atoms. The van der Waals surface area contributed by atoms with E-state index < -0.39 is 97.5 Å². The van der Waals surface area contributed by atoms with Gasteiger partial charge in [-0.1, -0.05) is 363 Å². The maximum Gasteiger partial charge on any atom is 0.472 e. The van der Waals surface area contributed by atoms with Gasteiger partial charge < -0.3 is 33.8 Å². The van der Waals surface area contributed by atoms with Gasteiger partial charge in [0, 0.05) is 25.7 Å². The van der Waals surface area contributed by atoms with Gasteiger partial charge >= 0.3 is 39.5 Å². The minimum Gasteiger partial charge on any atom is -0.462 e. The quantitative estimate of drug-likeness (QED) is 0.0222. The Hall–Kier alpha value is -1.94. The minimum atomic E-state index is -4.96. The van der Waals surface area contributed by atoms with Crippen molar-refractivity contribution < 1.29 is 80.2 Å². The van der Waals surface area contributed by atoms with Crippen molar-refractivity contribution >= 4 is 39.5 Å². The Bertz CT molecular complexity index is 1920. The lowest BCUT2D eigenvalue weighted by Gasteiger charge is -2.21. The van der Waals surface area contributed by atoms with E-state index in [4.69, 9.17) is 37.0 Å². The molecule has 0 aromatic carbocycles. The average Bonchev–Trinajstić information content (AvgIpc) is 1.00. The largest absolute Gasteiger partial charge is 0.472 e. The molecule has 0 rings (SSSR count). The van der Waals surface area contributed by atoms with Gasteiger partial charge in [-0.2, -0.15) is 0 Å². The second-order valence-electron chi connectivity index (χ2n) is 30.0. The van der Waals surface area contributed by atoms with E-state index in [2.05, 4.69) is 48.5 Å². The van der Waals surface area contributed by atoms with Gasteiger partial charge in [-0.15, -0.1) is 0 Å². The molecule has 588 valence electrons. The van der Waals surface area contributed by atoms with Crippen molar-refractivity contribution in [1.29, 1.82) is 0 Å². The average molecular weight is 1450 g/mol. The van der Waals surface area contributed by atoms with Crippen LogP contribution in [-0.4, -0.2) is 96.7 Å². The summed E-state index contributed by atoms with van der Waals surface area (Å²) in [6, 6.07) is 0. The highest BCUT2D eigenvalue weighted by atomic mass is 31.2. The Morgan fingerprint density at radius 2 is 0.515 bits per heavy atom. The summed E-state index contributed by atoms with van der Waals surface area (Å²) in [6.45, 7) is 11.9. The third-order valence-corrected chi connectivity index (χ3v) is 20.9. The van der Waals surface area contributed by atoms with Crippen LogP contribution in [0.2, 0.25) is 0 Å². The maximum atomic E-state index is 13.1. The van der Waals surface area contributed by atoms with Gasteiger partial charge in [0.2, 0.25) is 0 Å². The van der Waals surface area contributed by atoms with E-state index in [0.29, 0.717) is 25.7 Å². The molecule has 0 bridgehead atoms. The molecule has 0 fully saturated rings. The topological polar surface area (TPSA) is 237 Å². The summed E-state index contributed by atoms with van der Waals surface area (Å²) in [7, 11) is -9.91. The second-order valence-corrected chi connectivity index (χ2v) is 32.9. The number of carbonyl (C=O) groups is 4. The van der Waals surface area contributed by atoms with Crippen molar-refractivity contribution in [2.24, 2.45) is 17.8 Å². The predicted octanol–water partition coefficient (Wildman–Crippen LogP) is 23.7. The third-order valence-electron chi connectivity index (χ3n) is 19.0. The molecule has 0 aromatic rings. The first-order chi connectivity index (χ1) is 47.8. The molecule has 0 radical (unpaired) electrons. The maximum absolute atomic E-state index is 13.1. The third kappa shape index (κ3) is 72.8. The van der Waals surface area contributed by atoms with Crippen molar-refractivity contribution in [3.05, 3.63) is 0 Å². The van der Waals surface area contributed by atoms with Crippen LogP contribution >= 0.6 is 15.6 Å². The highest BCUT2D eigenvalue weighted by molar-refractivity contribution is 7.47. The Morgan fingerprint density at radius 3 is 0.768 bits per heavy atom. The molecule has 0 amide bonds. The molecule has 3 N–H and O–H groups in total. The lowest BCUT2D eigenvalue weighted by atomic mass is 9.99. The number of phosphoric ester groups is 2. The Kier molecular flexibility index (Phi) is 69.0. The van der Waals surface area contributed by atoms with Crippen LogP contribution in [0.3, 0.4) is 0 Å². The number of aliphatic hydroxyl groups excluding tert-OH is 1. The van der Waals surface area contributed by atoms with E-state index in [9.17, 15) is 43.2 Å². The number of hydrogen-bond donors (Lipinski definition) is 3. The number of ether oxygens (including phenoxy) is 4. The molecule has 0 aliphatic rings. The summed E-state index contributed by atoms with van der Waals surface area (Å²) in [6.07, 6.45) is 58.7. The highest BCUT2D eigenvalue weighted by Crippen LogP contribution is 2.45. The van der Waals surface area contributed by atoms with E-state index in [1.807, 2.05) is 0 Å². The van der Waals surface area contributed by atoms with Crippen LogP contribution in [0, 0.1) is 17.8 Å². The molecular weight excluding hydrogens is 1290 g/mol. The van der Waals surface area contributed by atoms with E-state index >= 15 is 0 Å². The smallest absolute Gasteiger partial charge is 0.462 e. The zero-order valence-electron chi connectivity index (χ0n) is 65.0. The fourth-order valence-electron chi connectivity index (χ4n) is 12.3. The summed E-state index contributed by atoms with van der Waals surface area (Å²) >= 11 is 0. The molecule has 3 unspecified atom stereocenters. The number of carbonyl (C=O) groups excluding carboxylic acids is 4. The molecule has 0 aliphatic heterocycles. The number of unbranched alkanes of at least 4 members (excludes halogenated alkanes) is 45. The lowest BCUT2D eigenvalue weighted by Crippen LogP contribution is -2.30. The first kappa shape index (κ1) is 97.1. The van der Waals surface area contributed by atoms with Gasteiger partial charge in [-0.25, -0.2) is 9.13 Å². The van der Waals surface area contributed by atoms with Crippen LogP contribution in [-0.2, 0) is 65.4 Å². The number of esters is 4. The summed E-state index contributed by atoms with van der Waals surface area (Å²) < 4.78 is 68.4. The number of rotatable bonds is 78. The van der Waals surface area contributed by atoms with Crippen molar-refractivity contribution in [2.75, 3.05) is 39.6 Å². The van der Waals surface area contributed by atoms with Crippen LogP contribution in [0.25, 0.3) is 0 Å². The number of aliphatic hydroxyl groups is 1. The molecule has 19 heteroatoms. The van der Waals surface area contributed by atoms with Crippen LogP contribution in [0.5, 0.6) is 0 Å². The molecule has 0 heterocycles. The molecule has 0 aromatic heterocycles. The zero-order valence-corrected chi connectivity index (χ0v) is 66.8. The van der Waals surface area contributed by atoms with Crippen LogP contribution in [0.4, 0.5) is 0 Å². The summed E-state index contributed by atoms with van der Waals surface area (Å²) in [5.74, 6) is 0.325. The molecule has 6 atom stereocenters. The SMILES string of the molecule is CCCCCCCC(=O)OC[C@H](COP(=O)(O)OC[C@H](O)COP(=O)(O)OC[C@@H](COC(=O)CCCCCCCCCCCCCCCC(C)C)OC(=O)CCCCCCCCCCCCCCCCCCCCC(C)CC)OC(=O)CCCCCCCCCCCCCCCC(C)C. The normalized spacial score (nSPS) is 14.3. The van der Waals surface area contributed by atoms with Crippen molar-refractivity contribution in [3.8, 4) is 0 Å². The molecular formula is C80H156O17P2. The van der Waals surface area contributed by atoms with Crippen molar-refractivity contribution in [2.45, 2.75) is 433 Å². The molecule has 0 aliphatic carbocycles. The molecule has 0 saturated carbocycles. The molecule has 17 nitrogen and oxygen atoms in total. The lowest BCUT2D eigenvalue weighted by molar-refractivity contribution is -0.161. The van der Waals surface area contributed by atoms with Gasteiger partial charge in [0.15, 0.2) is 12.2 Å². The van der Waals surface area contributed by atoms with E-state index in [0.717, 1.165) is 114 Å². The van der Waals surface area contributed by atoms with Crippen LogP contribution in [0.1, 0.15) is 414 Å². The first-order valence-electron chi connectivity index (χ1n) is 41.4. The Labute approximate surface area is 607 Å². The van der Waals surface area contributed by atoms with Gasteiger partial charge in [0.1, 0.15) is 19.3 Å². The van der Waals surface area contributed by atoms with Crippen LogP contribution < -0.4 is 0 Å². The van der Waals surface area contributed by atoms with Crippen molar-refractivity contribution in [3.63, 3.8) is 0 Å². The fraction of sp³-hybridized carbons (Fsp3) is 0.950. The highest BCUT2D eigenvalue weighted by Gasteiger charge is 2.30. The van der Waals surface area contributed by atoms with Gasteiger partial charge in [0.05, 0.1) is 26.4 Å². The fourth-order valence-corrected chi connectivity index (χ4v) is 13.9. The van der Waals surface area contributed by atoms with Gasteiger partial charge in [-0.05, 0) is 43.4 Å². The molecule has 0 saturated heterocycles. The summed E-state index contributed by atoms with van der Waals surface area (Å²) in [5.41, 5.74) is 0. The Balaban J connectivity index is 5.12. The summed E-state index contributed by atoms with van der Waals surface area (Å²) in [5, 5.41) is 10.6. The van der Waals surface area contributed by atoms with E-state index in [-0.39, 0.29) is 25.7 Å². The van der Waals surface area contributed by atoms with E-state index in [1.54, 1.807) is 0 Å². The predicted molar refractivity (Wildman–Crippen MR) is 405 cm³/mol. The zero-order chi connectivity index (χ0) is 73.0. The number of phosphoric acid groups is 2. The van der Waals surface area contributed by atoms with Crippen molar-refractivity contribution in [1.82, 2.24) is 0 Å². The Morgan fingerprint density at radius 1 is 0.293 bits per heavy atom. The molecule has 0 spiro atoms. The van der Waals surface area contributed by atoms with Gasteiger partial charge in [0.25, 0.3) is 0 Å². The number of hydrogen-bond acceptors (Lipinski definition) is 15. The standard InChI is InChI=1S/C80H156O17P2/c1-8-10-11-44-54-61-77(82)90-67-75(96-79(84)63-57-50-43-37-31-25-19-21-27-33-39-46-52-59-72(5)6)69-94-98(86,87)92-65-74(81)66-93-99(88,89)95-70-76(68-91-78(83)62-55-48-41-35-29-24-18-20-26-32-38-45-51-58-71(3)4)97-80(85)64-56-49-42-36-30-23-17-15-13-12-14-16-22-28-34-40-47-53-60-73(7)9-2/h71-76,81H,8-70H2,1-7H3,(H,86,87)(H,88,89)/t73?,74-,75+,76+/m0/s1. The summed E-state index contributed by atoms with van der Waals surface area (Å²) in [4.78, 5) is 72.7. The second kappa shape index (κ2) is 70.4. The first-order valence-corrected chi connectivity index (χ1v) is 44.4. The van der Waals surface area contributed by atoms with E-state index in [1.165, 1.54) is 218 Å². The van der Waals surface area contributed by atoms with Crippen LogP contribution in [0.15, 0.2) is 0 Å². The van der Waals surface area contributed by atoms with Gasteiger partial charge in [-0.3, -0.25) is 37.3 Å².